The molecule has 1 rings (SSSR count). The lowest BCUT2D eigenvalue weighted by Gasteiger charge is -2.08. The molecule has 0 saturated heterocycles. The van der Waals surface area contributed by atoms with Crippen LogP contribution in [-0.2, 0) is 0 Å². The third-order valence-corrected chi connectivity index (χ3v) is 3.40. The lowest BCUT2D eigenvalue weighted by atomic mass is 9.96. The van der Waals surface area contributed by atoms with Crippen LogP contribution in [0.2, 0.25) is 0 Å². The van der Waals surface area contributed by atoms with E-state index in [4.69, 9.17) is 5.73 Å². The van der Waals surface area contributed by atoms with Gasteiger partial charge in [0.25, 0.3) is 0 Å². The van der Waals surface area contributed by atoms with Crippen molar-refractivity contribution >= 4 is 18.2 Å². The summed E-state index contributed by atoms with van der Waals surface area (Å²) in [7, 11) is 0. The molecule has 0 bridgehead atoms. The molecule has 0 spiro atoms. The zero-order valence-corrected chi connectivity index (χ0v) is 13.4. The van der Waals surface area contributed by atoms with Gasteiger partial charge in [0, 0.05) is 6.42 Å². The summed E-state index contributed by atoms with van der Waals surface area (Å²) in [6.07, 6.45) is 8.84. The van der Waals surface area contributed by atoms with Crippen molar-refractivity contribution in [2.75, 3.05) is 5.75 Å². The van der Waals surface area contributed by atoms with E-state index in [0.717, 1.165) is 23.4 Å². The van der Waals surface area contributed by atoms with Gasteiger partial charge in [0.1, 0.15) is 0 Å². The molecule has 20 heavy (non-hydrogen) atoms. The van der Waals surface area contributed by atoms with Crippen LogP contribution in [-0.4, -0.2) is 5.75 Å². The first-order valence-electron chi connectivity index (χ1n) is 6.81. The molecule has 0 amide bonds. The van der Waals surface area contributed by atoms with Crippen LogP contribution in [0, 0.1) is 13.8 Å². The zero-order valence-electron chi connectivity index (χ0n) is 12.5. The van der Waals surface area contributed by atoms with Crippen LogP contribution >= 0.6 is 12.6 Å². The van der Waals surface area contributed by atoms with E-state index >= 15 is 0 Å². The molecule has 0 aliphatic carbocycles. The van der Waals surface area contributed by atoms with Crippen molar-refractivity contribution in [1.82, 2.24) is 0 Å². The smallest absolute Gasteiger partial charge is 0.0520 e. The zero-order chi connectivity index (χ0) is 15.0. The molecular weight excluding hydrogens is 262 g/mol. The van der Waals surface area contributed by atoms with E-state index in [1.807, 2.05) is 25.2 Å². The highest BCUT2D eigenvalue weighted by atomic mass is 32.1. The Balaban J connectivity index is 3.28. The van der Waals surface area contributed by atoms with Gasteiger partial charge in [-0.15, -0.1) is 0 Å². The van der Waals surface area contributed by atoms with Crippen molar-refractivity contribution in [3.63, 3.8) is 0 Å². The number of nitrogens with two attached hydrogens (primary N) is 1. The second kappa shape index (κ2) is 8.52. The normalized spacial score (nSPS) is 11.5. The minimum Gasteiger partial charge on any atom is -0.396 e. The predicted molar refractivity (Wildman–Crippen MR) is 93.0 cm³/mol. The predicted octanol–water partition coefficient (Wildman–Crippen LogP) is 4.58. The Morgan fingerprint density at radius 2 is 2.10 bits per heavy atom. The van der Waals surface area contributed by atoms with E-state index in [0.29, 0.717) is 0 Å². The lowest BCUT2D eigenvalue weighted by molar-refractivity contribution is 1.09. The standard InChI is InChI=1S/C18H23NS/c1-4-5-8-16(10-11-17(19)12-13-20)18-9-6-7-14(2)15(18)3/h4-10,20H,12-13,19H2,1-3H3/b5-4-,16-8+. The first-order chi connectivity index (χ1) is 9.60. The fraction of sp³-hybridized carbons (Fsp3) is 0.278. The Morgan fingerprint density at radius 1 is 1.35 bits per heavy atom. The SMILES string of the molecule is C/C=C\C=C(/C=C=C(N)CCS)c1cccc(C)c1C. The van der Waals surface area contributed by atoms with E-state index in [-0.39, 0.29) is 0 Å². The van der Waals surface area contributed by atoms with Gasteiger partial charge in [-0.05, 0) is 54.9 Å². The number of benzene rings is 1. The summed E-state index contributed by atoms with van der Waals surface area (Å²) < 4.78 is 0. The van der Waals surface area contributed by atoms with Crippen molar-refractivity contribution in [2.45, 2.75) is 27.2 Å². The van der Waals surface area contributed by atoms with Crippen molar-refractivity contribution < 1.29 is 0 Å². The Hall–Kier alpha value is -1.63. The second-order valence-electron chi connectivity index (χ2n) is 4.68. The minimum atomic E-state index is 0.733. The van der Waals surface area contributed by atoms with Gasteiger partial charge in [-0.25, -0.2) is 0 Å². The molecule has 0 saturated carbocycles. The van der Waals surface area contributed by atoms with Gasteiger partial charge in [-0.2, -0.15) is 12.6 Å². The first-order valence-corrected chi connectivity index (χ1v) is 7.44. The van der Waals surface area contributed by atoms with Gasteiger partial charge in [0.05, 0.1) is 5.70 Å². The van der Waals surface area contributed by atoms with Crippen LogP contribution in [0.25, 0.3) is 5.57 Å². The lowest BCUT2D eigenvalue weighted by Crippen LogP contribution is -1.95. The molecule has 2 N–H and O–H groups in total. The molecule has 1 aromatic carbocycles. The number of hydrogen-bond acceptors (Lipinski definition) is 2. The Kier molecular flexibility index (Phi) is 7.00. The van der Waals surface area contributed by atoms with Gasteiger partial charge in [-0.1, -0.05) is 42.2 Å². The monoisotopic (exact) mass is 285 g/mol. The van der Waals surface area contributed by atoms with Crippen LogP contribution in [0.1, 0.15) is 30.0 Å². The summed E-state index contributed by atoms with van der Waals surface area (Å²) in [6, 6.07) is 6.33. The van der Waals surface area contributed by atoms with Gasteiger partial charge in [0.15, 0.2) is 0 Å². The highest BCUT2D eigenvalue weighted by Crippen LogP contribution is 2.22. The molecule has 0 fully saturated rings. The van der Waals surface area contributed by atoms with Crippen molar-refractivity contribution in [2.24, 2.45) is 5.73 Å². The largest absolute Gasteiger partial charge is 0.396 e. The summed E-state index contributed by atoms with van der Waals surface area (Å²) in [5.74, 6) is 0.740. The van der Waals surface area contributed by atoms with E-state index in [9.17, 15) is 0 Å². The summed E-state index contributed by atoms with van der Waals surface area (Å²) >= 11 is 4.18. The highest BCUT2D eigenvalue weighted by molar-refractivity contribution is 7.80. The topological polar surface area (TPSA) is 26.0 Å². The summed E-state index contributed by atoms with van der Waals surface area (Å²) in [4.78, 5) is 0. The van der Waals surface area contributed by atoms with E-state index in [1.54, 1.807) is 0 Å². The molecule has 1 nitrogen and oxygen atoms in total. The van der Waals surface area contributed by atoms with Crippen LogP contribution in [0.3, 0.4) is 0 Å². The maximum atomic E-state index is 5.89. The third kappa shape index (κ3) is 4.80. The fourth-order valence-electron chi connectivity index (χ4n) is 1.84. The maximum Gasteiger partial charge on any atom is 0.0520 e. The van der Waals surface area contributed by atoms with Gasteiger partial charge < -0.3 is 5.73 Å². The molecule has 0 aliphatic heterocycles. The van der Waals surface area contributed by atoms with Gasteiger partial charge in [0.2, 0.25) is 0 Å². The quantitative estimate of drug-likeness (QED) is 0.462. The molecule has 0 unspecified atom stereocenters. The molecule has 0 aromatic heterocycles. The number of aryl methyl sites for hydroxylation is 1. The molecule has 1 aromatic rings. The van der Waals surface area contributed by atoms with Crippen LogP contribution in [0.15, 0.2) is 53.9 Å². The van der Waals surface area contributed by atoms with Crippen molar-refractivity contribution in [3.8, 4) is 0 Å². The number of allylic oxidation sites excluding steroid dienone is 5. The molecule has 0 aliphatic rings. The summed E-state index contributed by atoms with van der Waals surface area (Å²) in [5.41, 5.74) is 14.7. The maximum absolute atomic E-state index is 5.89. The molecule has 0 heterocycles. The number of rotatable bonds is 5. The Morgan fingerprint density at radius 3 is 2.75 bits per heavy atom. The second-order valence-corrected chi connectivity index (χ2v) is 5.13. The van der Waals surface area contributed by atoms with Gasteiger partial charge >= 0.3 is 0 Å². The third-order valence-electron chi connectivity index (χ3n) is 3.18. The first kappa shape index (κ1) is 16.4. The summed E-state index contributed by atoms with van der Waals surface area (Å²) in [5, 5.41) is 0. The Labute approximate surface area is 128 Å². The molecular formula is C18H23NS. The van der Waals surface area contributed by atoms with E-state index in [1.165, 1.54) is 16.7 Å². The fourth-order valence-corrected chi connectivity index (χ4v) is 2.08. The average Bonchev–Trinajstić information content (AvgIpc) is 2.43. The number of thiol groups is 1. The molecule has 0 atom stereocenters. The molecule has 0 radical (unpaired) electrons. The van der Waals surface area contributed by atoms with Crippen LogP contribution < -0.4 is 5.73 Å². The highest BCUT2D eigenvalue weighted by Gasteiger charge is 2.03. The molecule has 2 heteroatoms. The summed E-state index contributed by atoms with van der Waals surface area (Å²) in [6.45, 7) is 6.27. The molecule has 106 valence electrons. The van der Waals surface area contributed by atoms with E-state index in [2.05, 4.69) is 56.5 Å². The number of hydrogen-bond donors (Lipinski definition) is 2. The van der Waals surface area contributed by atoms with Crippen LogP contribution in [0.5, 0.6) is 0 Å². The van der Waals surface area contributed by atoms with Crippen LogP contribution in [0.4, 0.5) is 0 Å². The average molecular weight is 285 g/mol. The van der Waals surface area contributed by atoms with E-state index < -0.39 is 0 Å². The Bertz CT molecular complexity index is 573. The van der Waals surface area contributed by atoms with Crippen molar-refractivity contribution in [1.29, 1.82) is 0 Å². The minimum absolute atomic E-state index is 0.733. The van der Waals surface area contributed by atoms with Crippen molar-refractivity contribution in [3.05, 3.63) is 70.6 Å². The van der Waals surface area contributed by atoms with Gasteiger partial charge in [-0.3, -0.25) is 0 Å².